The van der Waals surface area contributed by atoms with Crippen molar-refractivity contribution in [3.8, 4) is 0 Å². The molecule has 0 saturated heterocycles. The van der Waals surface area contributed by atoms with E-state index >= 15 is 0 Å². The van der Waals surface area contributed by atoms with Crippen molar-refractivity contribution in [1.82, 2.24) is 4.98 Å². The first-order valence-electron chi connectivity index (χ1n) is 6.21. The summed E-state index contributed by atoms with van der Waals surface area (Å²) in [6, 6.07) is 11.9. The van der Waals surface area contributed by atoms with E-state index in [1.165, 1.54) is 0 Å². The maximum Gasteiger partial charge on any atom is 0.347 e. The van der Waals surface area contributed by atoms with Crippen LogP contribution in [0.15, 0.2) is 40.9 Å². The lowest BCUT2D eigenvalue weighted by Crippen LogP contribution is -1.94. The molecule has 3 rings (SSSR count). The van der Waals surface area contributed by atoms with Gasteiger partial charge in [-0.1, -0.05) is 51.5 Å². The van der Waals surface area contributed by atoms with E-state index in [9.17, 15) is 4.79 Å². The zero-order valence-electron chi connectivity index (χ0n) is 11.1. The first kappa shape index (κ1) is 14.0. The second kappa shape index (κ2) is 5.46. The van der Waals surface area contributed by atoms with Crippen molar-refractivity contribution < 1.29 is 9.90 Å². The van der Waals surface area contributed by atoms with Crippen molar-refractivity contribution in [3.05, 3.63) is 51.4 Å². The molecule has 6 heteroatoms. The van der Waals surface area contributed by atoms with Crippen molar-refractivity contribution in [2.75, 3.05) is 5.32 Å². The quantitative estimate of drug-likeness (QED) is 0.701. The molecular weight excluding hydrogens is 352 g/mol. The Morgan fingerprint density at radius 2 is 1.95 bits per heavy atom. The maximum absolute atomic E-state index is 11.1. The smallest absolute Gasteiger partial charge is 0.347 e. The number of aryl methyl sites for hydroxylation is 1. The molecule has 0 bridgehead atoms. The number of carboxylic acids is 1. The standard InChI is InChI=1S/C15H11BrN2O2S/c1-8-13(14(19)20)21-15(17-8)18-12-7-6-11(16)9-4-2-3-5-10(9)12/h2-7H,1H3,(H,17,18)(H,19,20). The molecule has 0 atom stereocenters. The van der Waals surface area contributed by atoms with Gasteiger partial charge in [0.25, 0.3) is 0 Å². The fourth-order valence-corrected chi connectivity index (χ4v) is 3.43. The van der Waals surface area contributed by atoms with Crippen LogP contribution in [0.3, 0.4) is 0 Å². The molecule has 0 saturated carbocycles. The predicted octanol–water partition coefficient (Wildman–Crippen LogP) is 4.81. The van der Waals surface area contributed by atoms with E-state index in [1.54, 1.807) is 6.92 Å². The van der Waals surface area contributed by atoms with E-state index in [4.69, 9.17) is 5.11 Å². The van der Waals surface area contributed by atoms with Gasteiger partial charge in [-0.3, -0.25) is 0 Å². The molecule has 0 amide bonds. The summed E-state index contributed by atoms with van der Waals surface area (Å²) in [5.41, 5.74) is 1.43. The van der Waals surface area contributed by atoms with E-state index in [0.717, 1.165) is 32.3 Å². The summed E-state index contributed by atoms with van der Waals surface area (Å²) in [7, 11) is 0. The summed E-state index contributed by atoms with van der Waals surface area (Å²) < 4.78 is 1.02. The molecule has 1 aromatic heterocycles. The molecule has 0 aliphatic heterocycles. The minimum absolute atomic E-state index is 0.263. The number of nitrogens with one attached hydrogen (secondary N) is 1. The Labute approximate surface area is 133 Å². The highest BCUT2D eigenvalue weighted by Crippen LogP contribution is 2.33. The molecule has 106 valence electrons. The third kappa shape index (κ3) is 2.64. The summed E-state index contributed by atoms with van der Waals surface area (Å²) in [6.07, 6.45) is 0. The number of thiazole rings is 1. The number of carboxylic acid groups (broad SMARTS) is 1. The van der Waals surface area contributed by atoms with Gasteiger partial charge < -0.3 is 10.4 Å². The van der Waals surface area contributed by atoms with Crippen molar-refractivity contribution in [3.63, 3.8) is 0 Å². The summed E-state index contributed by atoms with van der Waals surface area (Å²) in [6.45, 7) is 1.70. The van der Waals surface area contributed by atoms with Crippen LogP contribution in [-0.2, 0) is 0 Å². The minimum Gasteiger partial charge on any atom is -0.477 e. The number of rotatable bonds is 3. The van der Waals surface area contributed by atoms with E-state index < -0.39 is 5.97 Å². The van der Waals surface area contributed by atoms with Crippen molar-refractivity contribution >= 4 is 54.8 Å². The van der Waals surface area contributed by atoms with Gasteiger partial charge in [0.2, 0.25) is 0 Å². The number of nitrogens with zero attached hydrogens (tertiary/aromatic N) is 1. The number of aromatic nitrogens is 1. The first-order chi connectivity index (χ1) is 10.1. The van der Waals surface area contributed by atoms with E-state index in [-0.39, 0.29) is 4.88 Å². The largest absolute Gasteiger partial charge is 0.477 e. The second-order valence-corrected chi connectivity index (χ2v) is 6.36. The molecule has 0 aliphatic carbocycles. The summed E-state index contributed by atoms with van der Waals surface area (Å²) in [5.74, 6) is -0.946. The number of hydrogen-bond donors (Lipinski definition) is 2. The van der Waals surface area contributed by atoms with Crippen LogP contribution in [0.4, 0.5) is 10.8 Å². The van der Waals surface area contributed by atoms with Crippen molar-refractivity contribution in [2.45, 2.75) is 6.92 Å². The lowest BCUT2D eigenvalue weighted by atomic mass is 10.1. The molecule has 2 N–H and O–H groups in total. The van der Waals surface area contributed by atoms with Crippen molar-refractivity contribution in [2.24, 2.45) is 0 Å². The molecule has 1 heterocycles. The van der Waals surface area contributed by atoms with E-state index in [1.807, 2.05) is 36.4 Å². The van der Waals surface area contributed by atoms with Crippen LogP contribution in [0.2, 0.25) is 0 Å². The molecule has 0 aliphatic rings. The number of aromatic carboxylic acids is 1. The Morgan fingerprint density at radius 1 is 1.24 bits per heavy atom. The SMILES string of the molecule is Cc1nc(Nc2ccc(Br)c3ccccc23)sc1C(=O)O. The van der Waals surface area contributed by atoms with Gasteiger partial charge in [-0.05, 0) is 24.4 Å². The van der Waals surface area contributed by atoms with Gasteiger partial charge in [0.15, 0.2) is 5.13 Å². The topological polar surface area (TPSA) is 62.2 Å². The van der Waals surface area contributed by atoms with E-state index in [2.05, 4.69) is 26.2 Å². The number of anilines is 2. The average Bonchev–Trinajstić information content (AvgIpc) is 2.83. The molecule has 3 aromatic rings. The molecule has 0 radical (unpaired) electrons. The van der Waals surface area contributed by atoms with Crippen LogP contribution in [-0.4, -0.2) is 16.1 Å². The Hall–Kier alpha value is -1.92. The van der Waals surface area contributed by atoms with Gasteiger partial charge in [-0.15, -0.1) is 0 Å². The van der Waals surface area contributed by atoms with Crippen LogP contribution < -0.4 is 5.32 Å². The number of benzene rings is 2. The highest BCUT2D eigenvalue weighted by Gasteiger charge is 2.14. The molecule has 0 unspecified atom stereocenters. The summed E-state index contributed by atoms with van der Waals surface area (Å²) in [5, 5.41) is 15.0. The minimum atomic E-state index is -0.946. The fourth-order valence-electron chi connectivity index (χ4n) is 2.13. The van der Waals surface area contributed by atoms with Crippen LogP contribution in [0.25, 0.3) is 10.8 Å². The van der Waals surface area contributed by atoms with Gasteiger partial charge >= 0.3 is 5.97 Å². The third-order valence-corrected chi connectivity index (χ3v) is 4.86. The zero-order chi connectivity index (χ0) is 15.0. The Bertz CT molecular complexity index is 845. The number of hydrogen-bond acceptors (Lipinski definition) is 4. The molecule has 0 fully saturated rings. The highest BCUT2D eigenvalue weighted by atomic mass is 79.9. The average molecular weight is 363 g/mol. The number of halogens is 1. The first-order valence-corrected chi connectivity index (χ1v) is 7.82. The monoisotopic (exact) mass is 362 g/mol. The van der Waals surface area contributed by atoms with Crippen LogP contribution in [0.5, 0.6) is 0 Å². The third-order valence-electron chi connectivity index (χ3n) is 3.10. The number of fused-ring (bicyclic) bond motifs is 1. The lowest BCUT2D eigenvalue weighted by Gasteiger charge is -2.08. The van der Waals surface area contributed by atoms with Crippen LogP contribution >= 0.6 is 27.3 Å². The molecule has 4 nitrogen and oxygen atoms in total. The molecular formula is C15H11BrN2O2S. The van der Waals surface area contributed by atoms with Crippen LogP contribution in [0, 0.1) is 6.92 Å². The summed E-state index contributed by atoms with van der Waals surface area (Å²) in [4.78, 5) is 15.6. The van der Waals surface area contributed by atoms with Crippen molar-refractivity contribution in [1.29, 1.82) is 0 Å². The predicted molar refractivity (Wildman–Crippen MR) is 88.7 cm³/mol. The molecule has 21 heavy (non-hydrogen) atoms. The molecule has 2 aromatic carbocycles. The normalized spacial score (nSPS) is 10.8. The molecule has 0 spiro atoms. The van der Waals surface area contributed by atoms with E-state index in [0.29, 0.717) is 10.8 Å². The van der Waals surface area contributed by atoms with Gasteiger partial charge in [0.05, 0.1) is 5.69 Å². The van der Waals surface area contributed by atoms with Gasteiger partial charge in [-0.25, -0.2) is 9.78 Å². The fraction of sp³-hybridized carbons (Fsp3) is 0.0667. The van der Waals surface area contributed by atoms with Crippen LogP contribution in [0.1, 0.15) is 15.4 Å². The zero-order valence-corrected chi connectivity index (χ0v) is 13.5. The highest BCUT2D eigenvalue weighted by molar-refractivity contribution is 9.10. The Balaban J connectivity index is 2.04. The van der Waals surface area contributed by atoms with Gasteiger partial charge in [0, 0.05) is 15.5 Å². The van der Waals surface area contributed by atoms with Gasteiger partial charge in [-0.2, -0.15) is 0 Å². The Morgan fingerprint density at radius 3 is 2.62 bits per heavy atom. The summed E-state index contributed by atoms with van der Waals surface area (Å²) >= 11 is 4.67. The lowest BCUT2D eigenvalue weighted by molar-refractivity contribution is 0.0701. The van der Waals surface area contributed by atoms with Gasteiger partial charge in [0.1, 0.15) is 4.88 Å². The number of carbonyl (C=O) groups is 1. The second-order valence-electron chi connectivity index (χ2n) is 4.50. The maximum atomic E-state index is 11.1. The Kier molecular flexibility index (Phi) is 3.65.